The predicted molar refractivity (Wildman–Crippen MR) is 118 cm³/mol. The summed E-state index contributed by atoms with van der Waals surface area (Å²) in [5.74, 6) is 6.86. The Morgan fingerprint density at radius 2 is 1.66 bits per heavy atom. The second-order valence-corrected chi connectivity index (χ2v) is 8.36. The molecule has 1 amide bonds. The van der Waals surface area contributed by atoms with Crippen molar-refractivity contribution in [1.82, 2.24) is 5.32 Å². The molecule has 0 aliphatic heterocycles. The van der Waals surface area contributed by atoms with Gasteiger partial charge in [0.25, 0.3) is 0 Å². The van der Waals surface area contributed by atoms with Crippen molar-refractivity contribution < 1.29 is 19.0 Å². The van der Waals surface area contributed by atoms with Crippen LogP contribution in [0.1, 0.15) is 59.8 Å². The maximum atomic E-state index is 11.6. The highest BCUT2D eigenvalue weighted by Crippen LogP contribution is 2.19. The van der Waals surface area contributed by atoms with Gasteiger partial charge in [-0.1, -0.05) is 52.4 Å². The summed E-state index contributed by atoms with van der Waals surface area (Å²) in [6, 6.07) is 0. The summed E-state index contributed by atoms with van der Waals surface area (Å²) in [6.45, 7) is 11.0. The molecule has 0 unspecified atom stereocenters. The predicted octanol–water partition coefficient (Wildman–Crippen LogP) is 3.96. The van der Waals surface area contributed by atoms with Crippen molar-refractivity contribution in [2.24, 2.45) is 11.8 Å². The maximum absolute atomic E-state index is 11.6. The molecular formula is C22H38N2O4S. The van der Waals surface area contributed by atoms with Crippen LogP contribution in [0.25, 0.3) is 0 Å². The van der Waals surface area contributed by atoms with Gasteiger partial charge >= 0.3 is 0 Å². The lowest BCUT2D eigenvalue weighted by molar-refractivity contribution is -0.122. The minimum Gasteiger partial charge on any atom is -0.379 e. The van der Waals surface area contributed by atoms with Gasteiger partial charge in [-0.15, -0.1) is 0 Å². The molecule has 0 aliphatic carbocycles. The molecule has 0 aromatic rings. The standard InChI is InChI=1S/C22H38N2O4S/c1-19(2)8-5-6-10-22(29-18-23)28-17-16-27-15-14-26-13-11-21(25)24-12-7-9-20(3)4/h19-20,22H,5-6,8,10-17H2,1-4H3,(H,24,25)/t22-/m1/s1. The Bertz CT molecular complexity index is 509. The number of amides is 1. The van der Waals surface area contributed by atoms with Crippen LogP contribution in [0.2, 0.25) is 0 Å². The van der Waals surface area contributed by atoms with Gasteiger partial charge in [-0.2, -0.15) is 5.26 Å². The fourth-order valence-corrected chi connectivity index (χ4v) is 2.88. The van der Waals surface area contributed by atoms with Gasteiger partial charge in [0.15, 0.2) is 0 Å². The fraction of sp³-hybridized carbons (Fsp3) is 0.818. The van der Waals surface area contributed by atoms with E-state index in [4.69, 9.17) is 19.5 Å². The van der Waals surface area contributed by atoms with Gasteiger partial charge in [0, 0.05) is 12.3 Å². The summed E-state index contributed by atoms with van der Waals surface area (Å²) in [7, 11) is 0. The first-order chi connectivity index (χ1) is 14.0. The van der Waals surface area contributed by atoms with Crippen LogP contribution in [0, 0.1) is 34.3 Å². The molecule has 0 saturated carbocycles. The molecule has 0 radical (unpaired) electrons. The zero-order valence-electron chi connectivity index (χ0n) is 18.5. The Hall–Kier alpha value is -1.25. The number of ether oxygens (including phenoxy) is 3. The van der Waals surface area contributed by atoms with Gasteiger partial charge < -0.3 is 19.5 Å². The Kier molecular flexibility index (Phi) is 19.2. The molecule has 0 aromatic carbocycles. The molecule has 0 fully saturated rings. The minimum absolute atomic E-state index is 0.0631. The quantitative estimate of drug-likeness (QED) is 0.164. The largest absolute Gasteiger partial charge is 0.379 e. The molecule has 7 heteroatoms. The average molecular weight is 427 g/mol. The Morgan fingerprint density at radius 3 is 2.31 bits per heavy atom. The van der Waals surface area contributed by atoms with Crippen LogP contribution in [-0.2, 0) is 19.0 Å². The van der Waals surface area contributed by atoms with Crippen LogP contribution < -0.4 is 5.32 Å². The molecule has 1 atom stereocenters. The zero-order valence-corrected chi connectivity index (χ0v) is 19.3. The van der Waals surface area contributed by atoms with Gasteiger partial charge in [-0.3, -0.25) is 4.79 Å². The molecule has 0 bridgehead atoms. The first kappa shape index (κ1) is 27.8. The maximum Gasteiger partial charge on any atom is 0.223 e. The number of nitrogens with one attached hydrogen (secondary N) is 1. The van der Waals surface area contributed by atoms with Crippen LogP contribution in [0.4, 0.5) is 0 Å². The van der Waals surface area contributed by atoms with Crippen molar-refractivity contribution >= 4 is 17.7 Å². The molecule has 29 heavy (non-hydrogen) atoms. The number of nitriles is 1. The molecule has 166 valence electrons. The molecule has 0 aliphatic rings. The lowest BCUT2D eigenvalue weighted by Gasteiger charge is -2.14. The van der Waals surface area contributed by atoms with Gasteiger partial charge in [0.05, 0.1) is 39.6 Å². The minimum atomic E-state index is -0.0873. The molecule has 0 heterocycles. The van der Waals surface area contributed by atoms with E-state index in [2.05, 4.69) is 36.4 Å². The third kappa shape index (κ3) is 21.3. The molecule has 0 saturated heterocycles. The summed E-state index contributed by atoms with van der Waals surface area (Å²) in [5, 5.41) is 13.7. The van der Waals surface area contributed by atoms with Gasteiger partial charge in [-0.05, 0) is 30.5 Å². The number of thiocyanates is 1. The first-order valence-corrected chi connectivity index (χ1v) is 11.4. The topological polar surface area (TPSA) is 80.6 Å². The normalized spacial score (nSPS) is 11.8. The number of rotatable bonds is 17. The van der Waals surface area contributed by atoms with E-state index in [1.807, 2.05) is 13.8 Å². The number of thioether (sulfide) groups is 1. The van der Waals surface area contributed by atoms with E-state index in [9.17, 15) is 4.79 Å². The second-order valence-electron chi connectivity index (χ2n) is 7.42. The molecule has 0 spiro atoms. The monoisotopic (exact) mass is 426 g/mol. The van der Waals surface area contributed by atoms with Crippen molar-refractivity contribution in [3.63, 3.8) is 0 Å². The van der Waals surface area contributed by atoms with E-state index in [0.717, 1.165) is 12.8 Å². The molecular weight excluding hydrogens is 388 g/mol. The summed E-state index contributed by atoms with van der Waals surface area (Å²) >= 11 is 1.18. The van der Waals surface area contributed by atoms with E-state index in [-0.39, 0.29) is 11.3 Å². The van der Waals surface area contributed by atoms with E-state index in [1.165, 1.54) is 24.6 Å². The summed E-state index contributed by atoms with van der Waals surface area (Å²) < 4.78 is 16.6. The number of carbonyl (C=O) groups is 1. The van der Waals surface area contributed by atoms with Crippen molar-refractivity contribution in [2.45, 2.75) is 65.2 Å². The number of nitrogens with zero attached hydrogens (tertiary/aromatic N) is 1. The molecule has 0 rings (SSSR count). The van der Waals surface area contributed by atoms with E-state index in [1.54, 1.807) is 0 Å². The van der Waals surface area contributed by atoms with Gasteiger partial charge in [0.1, 0.15) is 10.8 Å². The van der Waals surface area contributed by atoms with E-state index < -0.39 is 0 Å². The lowest BCUT2D eigenvalue weighted by atomic mass is 10.1. The Labute approximate surface area is 181 Å². The van der Waals surface area contributed by atoms with Crippen LogP contribution in [-0.4, -0.2) is 50.9 Å². The molecule has 1 N–H and O–H groups in total. The average Bonchev–Trinajstić information content (AvgIpc) is 2.66. The van der Waals surface area contributed by atoms with Crippen LogP contribution >= 0.6 is 11.8 Å². The molecule has 0 aromatic heterocycles. The summed E-state index contributed by atoms with van der Waals surface area (Å²) in [5.41, 5.74) is -0.0873. The lowest BCUT2D eigenvalue weighted by Crippen LogP contribution is -2.25. The van der Waals surface area contributed by atoms with Crippen molar-refractivity contribution in [1.29, 1.82) is 5.26 Å². The Morgan fingerprint density at radius 1 is 1.00 bits per heavy atom. The van der Waals surface area contributed by atoms with Crippen LogP contribution in [0.15, 0.2) is 0 Å². The van der Waals surface area contributed by atoms with Crippen molar-refractivity contribution in [3.05, 3.63) is 0 Å². The highest BCUT2D eigenvalue weighted by Gasteiger charge is 2.09. The highest BCUT2D eigenvalue weighted by molar-refractivity contribution is 8.04. The number of hydrogen-bond donors (Lipinski definition) is 1. The highest BCUT2D eigenvalue weighted by atomic mass is 32.2. The number of hydrogen-bond acceptors (Lipinski definition) is 6. The SMILES string of the molecule is CC(C)C#CCNC(=O)CCOCCOCCO[C@@H](CCCCC(C)C)SC#N. The third-order valence-corrected chi connectivity index (χ3v) is 4.54. The smallest absolute Gasteiger partial charge is 0.223 e. The third-order valence-electron chi connectivity index (χ3n) is 3.80. The zero-order chi connectivity index (χ0) is 21.7. The Balaban J connectivity index is 3.55. The van der Waals surface area contributed by atoms with Gasteiger partial charge in [0.2, 0.25) is 5.91 Å². The van der Waals surface area contributed by atoms with Crippen LogP contribution in [0.3, 0.4) is 0 Å². The van der Waals surface area contributed by atoms with E-state index in [0.29, 0.717) is 57.8 Å². The van der Waals surface area contributed by atoms with E-state index >= 15 is 0 Å². The summed E-state index contributed by atoms with van der Waals surface area (Å²) in [4.78, 5) is 11.6. The number of unbranched alkanes of at least 4 members (excludes halogenated alkanes) is 1. The van der Waals surface area contributed by atoms with Gasteiger partial charge in [-0.25, -0.2) is 0 Å². The van der Waals surface area contributed by atoms with Crippen molar-refractivity contribution in [2.75, 3.05) is 39.6 Å². The number of carbonyl (C=O) groups excluding carboxylic acids is 1. The second kappa shape index (κ2) is 20.0. The molecule has 6 nitrogen and oxygen atoms in total. The first-order valence-electron chi connectivity index (χ1n) is 10.5. The van der Waals surface area contributed by atoms with Crippen LogP contribution in [0.5, 0.6) is 0 Å². The summed E-state index contributed by atoms with van der Waals surface area (Å²) in [6.07, 6.45) is 4.65. The van der Waals surface area contributed by atoms with Crippen molar-refractivity contribution in [3.8, 4) is 17.2 Å². The fourth-order valence-electron chi connectivity index (χ4n) is 2.31.